The van der Waals surface area contributed by atoms with Crippen LogP contribution in [0.3, 0.4) is 0 Å². The van der Waals surface area contributed by atoms with E-state index in [-0.39, 0.29) is 16.4 Å². The Balaban J connectivity index is 2.23. The van der Waals surface area contributed by atoms with Crippen molar-refractivity contribution in [3.8, 4) is 0 Å². The van der Waals surface area contributed by atoms with Gasteiger partial charge in [0.1, 0.15) is 4.90 Å². The molecule has 0 saturated carbocycles. The Hall–Kier alpha value is -1.94. The maximum absolute atomic E-state index is 12.7. The molecule has 0 aliphatic heterocycles. The van der Waals surface area contributed by atoms with Gasteiger partial charge in [0.25, 0.3) is 10.0 Å². The van der Waals surface area contributed by atoms with Crippen LogP contribution in [-0.2, 0) is 38.4 Å². The number of rotatable bonds is 6. The first-order chi connectivity index (χ1) is 11.5. The molecule has 25 heavy (non-hydrogen) atoms. The molecule has 2 aromatic rings. The molecule has 0 bridgehead atoms. The van der Waals surface area contributed by atoms with E-state index in [0.717, 1.165) is 11.3 Å². The smallest absolute Gasteiger partial charge is 0.311 e. The molecule has 2 rings (SSSR count). The van der Waals surface area contributed by atoms with E-state index >= 15 is 0 Å². The Morgan fingerprint density at radius 3 is 2.68 bits per heavy atom. The molecule has 2 aromatic heterocycles. The van der Waals surface area contributed by atoms with Crippen LogP contribution in [-0.4, -0.2) is 35.8 Å². The number of hydrogen-bond donors (Lipinski definition) is 1. The molecule has 2 heterocycles. The van der Waals surface area contributed by atoms with Gasteiger partial charge >= 0.3 is 5.97 Å². The summed E-state index contributed by atoms with van der Waals surface area (Å²) in [5.41, 5.74) is 0.512. The summed E-state index contributed by atoms with van der Waals surface area (Å²) in [5.74, 6) is -0.399. The van der Waals surface area contributed by atoms with E-state index in [4.69, 9.17) is 4.74 Å². The molecular weight excluding hydrogens is 364 g/mol. The number of ether oxygens (including phenoxy) is 1. The number of nitrogens with one attached hydrogen (secondary N) is 1. The molecule has 0 aliphatic carbocycles. The Morgan fingerprint density at radius 1 is 1.40 bits per heavy atom. The zero-order chi connectivity index (χ0) is 18.8. The number of aromatic nitrogens is 3. The molecular formula is C15H22N4O4S2. The predicted octanol–water partition coefficient (Wildman–Crippen LogP) is 2.08. The second-order valence-corrected chi connectivity index (χ2v) is 9.01. The van der Waals surface area contributed by atoms with E-state index in [9.17, 15) is 13.2 Å². The van der Waals surface area contributed by atoms with E-state index in [0.29, 0.717) is 18.0 Å². The van der Waals surface area contributed by atoms with Crippen molar-refractivity contribution in [1.82, 2.24) is 14.8 Å². The number of nitrogens with zero attached hydrogens (tertiary/aromatic N) is 3. The summed E-state index contributed by atoms with van der Waals surface area (Å²) in [7, 11) is -2.16. The van der Waals surface area contributed by atoms with Gasteiger partial charge in [-0.3, -0.25) is 14.2 Å². The summed E-state index contributed by atoms with van der Waals surface area (Å²) in [6.45, 7) is 7.71. The van der Waals surface area contributed by atoms with Gasteiger partial charge in [-0.05, 0) is 6.92 Å². The zero-order valence-corrected chi connectivity index (χ0v) is 16.5. The minimum atomic E-state index is -3.83. The molecule has 138 valence electrons. The van der Waals surface area contributed by atoms with Crippen LogP contribution in [0, 0.1) is 0 Å². The number of hydrogen-bond acceptors (Lipinski definition) is 7. The molecule has 0 aliphatic rings. The van der Waals surface area contributed by atoms with Crippen molar-refractivity contribution in [1.29, 1.82) is 0 Å². The van der Waals surface area contributed by atoms with Gasteiger partial charge in [0.05, 0.1) is 24.4 Å². The highest BCUT2D eigenvalue weighted by Gasteiger charge is 2.30. The molecule has 0 spiro atoms. The van der Waals surface area contributed by atoms with Crippen molar-refractivity contribution in [2.45, 2.75) is 44.4 Å². The Morgan fingerprint density at radius 2 is 2.08 bits per heavy atom. The number of sulfonamides is 1. The first kappa shape index (κ1) is 19.4. The van der Waals surface area contributed by atoms with Crippen molar-refractivity contribution in [2.75, 3.05) is 11.3 Å². The largest absolute Gasteiger partial charge is 0.466 e. The van der Waals surface area contributed by atoms with Crippen molar-refractivity contribution < 1.29 is 17.9 Å². The normalized spacial score (nSPS) is 12.2. The zero-order valence-electron chi connectivity index (χ0n) is 14.9. The van der Waals surface area contributed by atoms with Crippen LogP contribution in [0.15, 0.2) is 16.5 Å². The number of aryl methyl sites for hydroxylation is 1. The van der Waals surface area contributed by atoms with Crippen molar-refractivity contribution in [2.24, 2.45) is 7.05 Å². The van der Waals surface area contributed by atoms with E-state index in [1.165, 1.54) is 10.9 Å². The van der Waals surface area contributed by atoms with Crippen LogP contribution >= 0.6 is 11.3 Å². The van der Waals surface area contributed by atoms with Gasteiger partial charge in [-0.15, -0.1) is 11.3 Å². The molecule has 0 radical (unpaired) electrons. The monoisotopic (exact) mass is 386 g/mol. The van der Waals surface area contributed by atoms with Crippen LogP contribution < -0.4 is 4.72 Å². The summed E-state index contributed by atoms with van der Waals surface area (Å²) < 4.78 is 34.2. The molecule has 0 unspecified atom stereocenters. The lowest BCUT2D eigenvalue weighted by Crippen LogP contribution is -2.20. The molecule has 10 heteroatoms. The predicted molar refractivity (Wildman–Crippen MR) is 95.2 cm³/mol. The summed E-state index contributed by atoms with van der Waals surface area (Å²) >= 11 is 1.11. The topological polar surface area (TPSA) is 103 Å². The summed E-state index contributed by atoms with van der Waals surface area (Å²) in [6, 6.07) is 0. The number of anilines is 1. The summed E-state index contributed by atoms with van der Waals surface area (Å²) in [4.78, 5) is 15.7. The van der Waals surface area contributed by atoms with Crippen LogP contribution in [0.4, 0.5) is 5.13 Å². The lowest BCUT2D eigenvalue weighted by Gasteiger charge is -2.17. The molecule has 0 saturated heterocycles. The third-order valence-electron chi connectivity index (χ3n) is 3.20. The van der Waals surface area contributed by atoms with Gasteiger partial charge in [0, 0.05) is 24.0 Å². The van der Waals surface area contributed by atoms with Gasteiger partial charge in [0.2, 0.25) is 0 Å². The van der Waals surface area contributed by atoms with Crippen LogP contribution in [0.5, 0.6) is 0 Å². The molecule has 1 N–H and O–H groups in total. The Labute approximate surface area is 151 Å². The van der Waals surface area contributed by atoms with Crippen LogP contribution in [0.1, 0.15) is 39.1 Å². The Bertz CT molecular complexity index is 862. The molecule has 0 aromatic carbocycles. The van der Waals surface area contributed by atoms with Gasteiger partial charge in [-0.1, -0.05) is 20.8 Å². The van der Waals surface area contributed by atoms with Crippen molar-refractivity contribution in [3.05, 3.63) is 23.0 Å². The van der Waals surface area contributed by atoms with Gasteiger partial charge in [0.15, 0.2) is 5.13 Å². The Kier molecular flexibility index (Phi) is 5.52. The highest BCUT2D eigenvalue weighted by Crippen LogP contribution is 2.29. The maximum atomic E-state index is 12.7. The third kappa shape index (κ3) is 4.79. The van der Waals surface area contributed by atoms with Gasteiger partial charge < -0.3 is 4.74 Å². The highest BCUT2D eigenvalue weighted by atomic mass is 32.2. The minimum absolute atomic E-state index is 0.00615. The lowest BCUT2D eigenvalue weighted by molar-refractivity contribution is -0.142. The van der Waals surface area contributed by atoms with Crippen molar-refractivity contribution >= 4 is 32.5 Å². The first-order valence-electron chi connectivity index (χ1n) is 7.70. The van der Waals surface area contributed by atoms with E-state index in [1.807, 2.05) is 20.8 Å². The van der Waals surface area contributed by atoms with Gasteiger partial charge in [-0.25, -0.2) is 13.4 Å². The average Bonchev–Trinajstić information content (AvgIpc) is 3.05. The first-order valence-corrected chi connectivity index (χ1v) is 10.1. The molecule has 0 atom stereocenters. The summed E-state index contributed by atoms with van der Waals surface area (Å²) in [6.07, 6.45) is 1.47. The standard InChI is InChI=1S/C15H22N4O4S2/c1-6-23-12(20)7-10-9-24-14(16-10)18-25(21,22)11-8-19(5)17-13(11)15(2,3)4/h8-9H,6-7H2,1-5H3,(H,16,18). The fraction of sp³-hybridized carbons (Fsp3) is 0.533. The highest BCUT2D eigenvalue weighted by molar-refractivity contribution is 7.93. The van der Waals surface area contributed by atoms with Crippen LogP contribution in [0.2, 0.25) is 0 Å². The third-order valence-corrected chi connectivity index (χ3v) is 5.47. The van der Waals surface area contributed by atoms with Gasteiger partial charge in [-0.2, -0.15) is 5.10 Å². The minimum Gasteiger partial charge on any atom is -0.466 e. The summed E-state index contributed by atoms with van der Waals surface area (Å²) in [5, 5.41) is 6.10. The molecule has 8 nitrogen and oxygen atoms in total. The second kappa shape index (κ2) is 7.12. The fourth-order valence-electron chi connectivity index (χ4n) is 2.15. The number of esters is 1. The quantitative estimate of drug-likeness (QED) is 0.763. The SMILES string of the molecule is CCOC(=O)Cc1csc(NS(=O)(=O)c2cn(C)nc2C(C)(C)C)n1. The number of carbonyl (C=O) groups is 1. The lowest BCUT2D eigenvalue weighted by atomic mass is 9.92. The maximum Gasteiger partial charge on any atom is 0.311 e. The second-order valence-electron chi connectivity index (χ2n) is 6.50. The van der Waals surface area contributed by atoms with Crippen LogP contribution in [0.25, 0.3) is 0 Å². The van der Waals surface area contributed by atoms with Crippen molar-refractivity contribution in [3.63, 3.8) is 0 Å². The average molecular weight is 386 g/mol. The molecule has 0 fully saturated rings. The molecule has 0 amide bonds. The van der Waals surface area contributed by atoms with E-state index < -0.39 is 21.4 Å². The van der Waals surface area contributed by atoms with E-state index in [2.05, 4.69) is 14.8 Å². The number of carbonyl (C=O) groups excluding carboxylic acids is 1. The fourth-order valence-corrected chi connectivity index (χ4v) is 4.50. The van der Waals surface area contributed by atoms with E-state index in [1.54, 1.807) is 19.4 Å². The number of thiazole rings is 1.